The van der Waals surface area contributed by atoms with E-state index >= 15 is 0 Å². The predicted molar refractivity (Wildman–Crippen MR) is 223 cm³/mol. The van der Waals surface area contributed by atoms with E-state index < -0.39 is 23.7 Å². The molecule has 4 atom stereocenters. The van der Waals surface area contributed by atoms with Gasteiger partial charge in [0.05, 0.1) is 29.6 Å². The van der Waals surface area contributed by atoms with E-state index in [4.69, 9.17) is 4.74 Å². The number of rotatable bonds is 17. The SMILES string of the molecule is CN1C(=O)C[C@H](C(=O)NCCCCCCOc2ccc(C3=CCC(C(=O)NCCN4CC[C@H](Nc5ncnc6ccc(C(F)(F)F)cc56)C4=O)CC3)cc2)[C@H]1c1cccnc1. The summed E-state index contributed by atoms with van der Waals surface area (Å²) in [6.45, 7) is 2.23. The molecule has 61 heavy (non-hydrogen) atoms. The van der Waals surface area contributed by atoms with Gasteiger partial charge in [-0.1, -0.05) is 37.1 Å². The fourth-order valence-electron chi connectivity index (χ4n) is 8.39. The molecule has 2 aromatic heterocycles. The quantitative estimate of drug-likeness (QED) is 0.103. The number of nitrogens with zero attached hydrogens (tertiary/aromatic N) is 5. The number of amides is 4. The minimum Gasteiger partial charge on any atom is -0.494 e. The van der Waals surface area contributed by atoms with Gasteiger partial charge in [0.15, 0.2) is 0 Å². The Kier molecular flexibility index (Phi) is 13.8. The van der Waals surface area contributed by atoms with Crippen LogP contribution in [0, 0.1) is 11.8 Å². The van der Waals surface area contributed by atoms with E-state index in [9.17, 15) is 32.3 Å². The van der Waals surface area contributed by atoms with Crippen molar-refractivity contribution in [1.29, 1.82) is 0 Å². The van der Waals surface area contributed by atoms with Gasteiger partial charge in [-0.2, -0.15) is 13.2 Å². The summed E-state index contributed by atoms with van der Waals surface area (Å²) in [4.78, 5) is 67.1. The van der Waals surface area contributed by atoms with Gasteiger partial charge >= 0.3 is 6.18 Å². The van der Waals surface area contributed by atoms with Crippen LogP contribution in [0.25, 0.3) is 16.5 Å². The number of hydrogen-bond acceptors (Lipinski definition) is 9. The van der Waals surface area contributed by atoms with E-state index in [-0.39, 0.29) is 53.2 Å². The highest BCUT2D eigenvalue weighted by Gasteiger charge is 2.42. The number of ether oxygens (including phenoxy) is 1. The van der Waals surface area contributed by atoms with Crippen LogP contribution in [0.3, 0.4) is 0 Å². The Morgan fingerprint density at radius 1 is 0.934 bits per heavy atom. The molecule has 4 aromatic rings. The average molecular weight is 841 g/mol. The standard InChI is InChI=1S/C45H51F3N8O5/c1-55-39(57)26-36(40(55)32-7-6-19-49-27-32)43(59)50-20-4-2-3-5-24-61-34-15-12-30(13-16-34)29-8-10-31(11-9-29)42(58)51-21-23-56-22-18-38(44(56)60)54-41-35-25-33(45(46,47)48)14-17-37(35)52-28-53-41/h6-8,12-17,19,25,27-28,31,36,38,40H,2-5,9-11,18,20-24,26H2,1H3,(H,50,59)(H,51,58)(H,52,53,54)/t31?,36-,38-,40+/m0/s1. The first-order valence-electron chi connectivity index (χ1n) is 21.0. The van der Waals surface area contributed by atoms with Crippen LogP contribution in [0.1, 0.15) is 80.5 Å². The number of nitrogens with one attached hydrogen (secondary N) is 3. The van der Waals surface area contributed by atoms with Crippen molar-refractivity contribution < 1.29 is 37.1 Å². The Bertz CT molecular complexity index is 2220. The normalized spacial score (nSPS) is 20.5. The number of allylic oxidation sites excluding steroid dienone is 2. The highest BCUT2D eigenvalue weighted by atomic mass is 19.4. The maximum absolute atomic E-state index is 13.3. The maximum Gasteiger partial charge on any atom is 0.416 e. The fraction of sp³-hybridized carbons (Fsp3) is 0.444. The third-order valence-corrected chi connectivity index (χ3v) is 11.8. The number of unbranched alkanes of at least 4 members (excludes halogenated alkanes) is 3. The molecule has 2 aliphatic heterocycles. The molecule has 4 heterocycles. The molecule has 1 aliphatic carbocycles. The van der Waals surface area contributed by atoms with Crippen molar-refractivity contribution in [3.05, 3.63) is 96.1 Å². The zero-order valence-corrected chi connectivity index (χ0v) is 34.1. The molecule has 4 amide bonds. The van der Waals surface area contributed by atoms with Crippen LogP contribution in [0.5, 0.6) is 5.75 Å². The number of pyridine rings is 1. The summed E-state index contributed by atoms with van der Waals surface area (Å²) in [5, 5.41) is 9.21. The third-order valence-electron chi connectivity index (χ3n) is 11.8. The maximum atomic E-state index is 13.3. The van der Waals surface area contributed by atoms with Crippen molar-refractivity contribution in [3.8, 4) is 5.75 Å². The van der Waals surface area contributed by atoms with Gasteiger partial charge in [0.2, 0.25) is 23.6 Å². The number of fused-ring (bicyclic) bond motifs is 1. The highest BCUT2D eigenvalue weighted by Crippen LogP contribution is 2.37. The molecule has 7 rings (SSSR count). The Morgan fingerprint density at radius 3 is 2.49 bits per heavy atom. The first-order valence-corrected chi connectivity index (χ1v) is 21.0. The molecule has 0 bridgehead atoms. The van der Waals surface area contributed by atoms with Gasteiger partial charge in [0.25, 0.3) is 0 Å². The van der Waals surface area contributed by atoms with E-state index in [1.54, 1.807) is 29.2 Å². The first-order chi connectivity index (χ1) is 29.5. The van der Waals surface area contributed by atoms with E-state index in [1.807, 2.05) is 36.4 Å². The number of likely N-dealkylation sites (tertiary alicyclic amines) is 2. The Hall–Kier alpha value is -6.06. The molecule has 2 aromatic carbocycles. The number of carbonyl (C=O) groups excluding carboxylic acids is 4. The van der Waals surface area contributed by atoms with E-state index in [0.717, 1.165) is 61.1 Å². The topological polar surface area (TPSA) is 159 Å². The van der Waals surface area contributed by atoms with Crippen LogP contribution < -0.4 is 20.7 Å². The van der Waals surface area contributed by atoms with Gasteiger partial charge in [-0.3, -0.25) is 24.2 Å². The van der Waals surface area contributed by atoms with Crippen molar-refractivity contribution in [3.63, 3.8) is 0 Å². The van der Waals surface area contributed by atoms with Gasteiger partial charge in [-0.05, 0) is 91.6 Å². The first kappa shape index (κ1) is 43.0. The number of hydrogen-bond donors (Lipinski definition) is 3. The number of carbonyl (C=O) groups is 4. The smallest absolute Gasteiger partial charge is 0.416 e. The summed E-state index contributed by atoms with van der Waals surface area (Å²) < 4.78 is 46.0. The summed E-state index contributed by atoms with van der Waals surface area (Å²) in [6, 6.07) is 14.0. The van der Waals surface area contributed by atoms with Crippen LogP contribution in [0.2, 0.25) is 0 Å². The van der Waals surface area contributed by atoms with Gasteiger partial charge in [-0.15, -0.1) is 0 Å². The summed E-state index contributed by atoms with van der Waals surface area (Å²) in [7, 11) is 1.74. The monoisotopic (exact) mass is 840 g/mol. The second-order valence-electron chi connectivity index (χ2n) is 15.9. The van der Waals surface area contributed by atoms with Gasteiger partial charge in [0, 0.05) is 63.3 Å². The molecule has 2 saturated heterocycles. The fourth-order valence-corrected chi connectivity index (χ4v) is 8.39. The Balaban J connectivity index is 0.761. The molecule has 2 fully saturated rings. The van der Waals surface area contributed by atoms with E-state index in [2.05, 4.69) is 37.0 Å². The Morgan fingerprint density at radius 2 is 1.74 bits per heavy atom. The van der Waals surface area contributed by atoms with Crippen molar-refractivity contribution in [1.82, 2.24) is 35.4 Å². The van der Waals surface area contributed by atoms with Crippen LogP contribution in [0.4, 0.5) is 19.0 Å². The van der Waals surface area contributed by atoms with Crippen LogP contribution >= 0.6 is 0 Å². The lowest BCUT2D eigenvalue weighted by Crippen LogP contribution is -2.40. The summed E-state index contributed by atoms with van der Waals surface area (Å²) >= 11 is 0. The summed E-state index contributed by atoms with van der Waals surface area (Å²) in [5.41, 5.74) is 2.67. The molecule has 0 spiro atoms. The lowest BCUT2D eigenvalue weighted by Gasteiger charge is -2.24. The summed E-state index contributed by atoms with van der Waals surface area (Å²) in [6.07, 6.45) is 8.63. The summed E-state index contributed by atoms with van der Waals surface area (Å²) in [5.74, 6) is -0.0178. The second-order valence-corrected chi connectivity index (χ2v) is 15.9. The molecule has 3 aliphatic rings. The predicted octanol–water partition coefficient (Wildman–Crippen LogP) is 6.33. The average Bonchev–Trinajstić information content (AvgIpc) is 3.77. The minimum atomic E-state index is -4.52. The van der Waals surface area contributed by atoms with Crippen molar-refractivity contribution in [2.45, 2.75) is 76.0 Å². The molecule has 322 valence electrons. The zero-order valence-electron chi connectivity index (χ0n) is 34.1. The molecule has 0 saturated carbocycles. The molecule has 0 radical (unpaired) electrons. The van der Waals surface area contributed by atoms with E-state index in [1.165, 1.54) is 18.0 Å². The zero-order chi connectivity index (χ0) is 42.9. The minimum absolute atomic E-state index is 0.0401. The van der Waals surface area contributed by atoms with Crippen LogP contribution in [0.15, 0.2) is 79.4 Å². The van der Waals surface area contributed by atoms with Crippen molar-refractivity contribution >= 4 is 45.9 Å². The lowest BCUT2D eigenvalue weighted by molar-refractivity contribution is -0.137. The van der Waals surface area contributed by atoms with Gasteiger partial charge in [0.1, 0.15) is 23.9 Å². The molecule has 13 nitrogen and oxygen atoms in total. The number of aromatic nitrogens is 3. The number of anilines is 1. The van der Waals surface area contributed by atoms with Gasteiger partial charge in [-0.25, -0.2) is 9.97 Å². The van der Waals surface area contributed by atoms with Gasteiger partial charge < -0.3 is 30.5 Å². The molecule has 1 unspecified atom stereocenters. The van der Waals surface area contributed by atoms with Crippen LogP contribution in [-0.2, 0) is 25.4 Å². The third kappa shape index (κ3) is 10.6. The molecular weight excluding hydrogens is 790 g/mol. The van der Waals surface area contributed by atoms with Crippen molar-refractivity contribution in [2.24, 2.45) is 11.8 Å². The molecule has 16 heteroatoms. The highest BCUT2D eigenvalue weighted by molar-refractivity contribution is 5.93. The lowest BCUT2D eigenvalue weighted by atomic mass is 9.86. The Labute approximate surface area is 352 Å². The molecule has 3 N–H and O–H groups in total. The number of benzene rings is 2. The second kappa shape index (κ2) is 19.5. The van der Waals surface area contributed by atoms with E-state index in [0.29, 0.717) is 57.6 Å². The molecular formula is C45H51F3N8O5. The largest absolute Gasteiger partial charge is 0.494 e. The van der Waals surface area contributed by atoms with Crippen molar-refractivity contribution in [2.75, 3.05) is 45.2 Å². The number of alkyl halides is 3. The van der Waals surface area contributed by atoms with Crippen LogP contribution in [-0.4, -0.2) is 94.3 Å². The number of halogens is 3.